The van der Waals surface area contributed by atoms with Crippen molar-refractivity contribution in [2.75, 3.05) is 5.32 Å². The van der Waals surface area contributed by atoms with E-state index in [1.54, 1.807) is 6.07 Å². The molecule has 0 heterocycles. The van der Waals surface area contributed by atoms with Crippen LogP contribution in [0.4, 0.5) is 5.69 Å². The van der Waals surface area contributed by atoms with Crippen LogP contribution in [0.5, 0.6) is 0 Å². The van der Waals surface area contributed by atoms with E-state index >= 15 is 0 Å². The topological polar surface area (TPSA) is 78.9 Å². The van der Waals surface area contributed by atoms with Crippen molar-refractivity contribution in [2.45, 2.75) is 32.7 Å². The number of nitriles is 1. The maximum atomic E-state index is 11.7. The van der Waals surface area contributed by atoms with Crippen molar-refractivity contribution in [1.82, 2.24) is 0 Å². The molecule has 1 aromatic carbocycles. The molecule has 1 aromatic rings. The van der Waals surface area contributed by atoms with Crippen molar-refractivity contribution in [3.8, 4) is 6.07 Å². The maximum Gasteiger partial charge on any atom is 0.225 e. The highest BCUT2D eigenvalue weighted by Gasteiger charge is 2.11. The average molecular weight is 231 g/mol. The normalized spacial score (nSPS) is 11.6. The third-order valence-electron chi connectivity index (χ3n) is 2.63. The monoisotopic (exact) mass is 231 g/mol. The summed E-state index contributed by atoms with van der Waals surface area (Å²) in [6.07, 6.45) is 1.03. The molecule has 90 valence electrons. The molecule has 4 heteroatoms. The number of amides is 1. The second-order valence-corrected chi connectivity index (χ2v) is 4.03. The van der Waals surface area contributed by atoms with E-state index in [1.165, 1.54) is 0 Å². The number of nitrogens with one attached hydrogen (secondary N) is 1. The molecule has 1 atom stereocenters. The molecule has 0 bridgehead atoms. The molecule has 0 aliphatic carbocycles. The molecule has 0 spiro atoms. The minimum atomic E-state index is -0.151. The van der Waals surface area contributed by atoms with Gasteiger partial charge in [0.1, 0.15) is 6.07 Å². The van der Waals surface area contributed by atoms with Gasteiger partial charge in [0.25, 0.3) is 0 Å². The van der Waals surface area contributed by atoms with Crippen molar-refractivity contribution in [3.05, 3.63) is 29.3 Å². The van der Waals surface area contributed by atoms with Crippen LogP contribution in [0, 0.1) is 18.3 Å². The average Bonchev–Trinajstić information content (AvgIpc) is 2.29. The quantitative estimate of drug-likeness (QED) is 0.831. The summed E-state index contributed by atoms with van der Waals surface area (Å²) in [5, 5.41) is 11.7. The van der Waals surface area contributed by atoms with E-state index in [9.17, 15) is 4.79 Å². The van der Waals surface area contributed by atoms with Crippen molar-refractivity contribution in [2.24, 2.45) is 5.73 Å². The fourth-order valence-electron chi connectivity index (χ4n) is 1.50. The first-order valence-corrected chi connectivity index (χ1v) is 5.63. The molecular formula is C13H17N3O. The van der Waals surface area contributed by atoms with Gasteiger partial charge >= 0.3 is 0 Å². The zero-order valence-electron chi connectivity index (χ0n) is 10.2. The predicted octanol–water partition coefficient (Wildman–Crippen LogP) is 1.93. The summed E-state index contributed by atoms with van der Waals surface area (Å²) in [6.45, 7) is 3.78. The van der Waals surface area contributed by atoms with Crippen LogP contribution in [0.3, 0.4) is 0 Å². The number of nitrogens with two attached hydrogens (primary N) is 1. The zero-order chi connectivity index (χ0) is 12.8. The summed E-state index contributed by atoms with van der Waals surface area (Å²) in [6, 6.07) is 7.33. The van der Waals surface area contributed by atoms with Crippen LogP contribution in [0.15, 0.2) is 18.2 Å². The van der Waals surface area contributed by atoms with E-state index < -0.39 is 0 Å². The summed E-state index contributed by atoms with van der Waals surface area (Å²) in [7, 11) is 0. The lowest BCUT2D eigenvalue weighted by Crippen LogP contribution is -2.26. The van der Waals surface area contributed by atoms with Gasteiger partial charge in [-0.15, -0.1) is 0 Å². The Balaban J connectivity index is 2.79. The highest BCUT2D eigenvalue weighted by atomic mass is 16.1. The first-order valence-electron chi connectivity index (χ1n) is 5.63. The molecule has 0 aliphatic rings. The Morgan fingerprint density at radius 3 is 2.88 bits per heavy atom. The van der Waals surface area contributed by atoms with E-state index in [2.05, 4.69) is 11.4 Å². The van der Waals surface area contributed by atoms with Crippen molar-refractivity contribution >= 4 is 11.6 Å². The first kappa shape index (κ1) is 13.2. The van der Waals surface area contributed by atoms with Crippen LogP contribution in [0.1, 0.15) is 30.9 Å². The minimum Gasteiger partial charge on any atom is -0.327 e. The summed E-state index contributed by atoms with van der Waals surface area (Å²) in [5.41, 5.74) is 7.62. The molecule has 1 unspecified atom stereocenters. The molecule has 0 radical (unpaired) electrons. The summed E-state index contributed by atoms with van der Waals surface area (Å²) >= 11 is 0. The van der Waals surface area contributed by atoms with Gasteiger partial charge in [-0.25, -0.2) is 0 Å². The number of nitrogens with zero attached hydrogens (tertiary/aromatic N) is 1. The van der Waals surface area contributed by atoms with Gasteiger partial charge in [0.15, 0.2) is 0 Å². The highest BCUT2D eigenvalue weighted by molar-refractivity contribution is 5.92. The number of anilines is 1. The standard InChI is InChI=1S/C13H17N3O/c1-3-10(15)7-13(17)16-12-6-4-5-9(2)11(12)8-14/h4-6,10H,3,7,15H2,1-2H3,(H,16,17). The Morgan fingerprint density at radius 2 is 2.29 bits per heavy atom. The molecule has 0 aliphatic heterocycles. The minimum absolute atomic E-state index is 0.134. The molecule has 0 saturated heterocycles. The second kappa shape index (κ2) is 6.02. The van der Waals surface area contributed by atoms with Gasteiger partial charge in [0.05, 0.1) is 11.3 Å². The molecule has 4 nitrogen and oxygen atoms in total. The Kier molecular flexibility index (Phi) is 4.68. The van der Waals surface area contributed by atoms with Crippen LogP contribution in [0.2, 0.25) is 0 Å². The molecule has 1 rings (SSSR count). The lowest BCUT2D eigenvalue weighted by Gasteiger charge is -2.11. The number of rotatable bonds is 4. The van der Waals surface area contributed by atoms with Gasteiger partial charge < -0.3 is 11.1 Å². The second-order valence-electron chi connectivity index (χ2n) is 4.03. The Bertz CT molecular complexity index is 448. The highest BCUT2D eigenvalue weighted by Crippen LogP contribution is 2.18. The van der Waals surface area contributed by atoms with Gasteiger partial charge in [-0.3, -0.25) is 4.79 Å². The first-order chi connectivity index (χ1) is 8.08. The van der Waals surface area contributed by atoms with Gasteiger partial charge in [0, 0.05) is 12.5 Å². The third kappa shape index (κ3) is 3.58. The number of aryl methyl sites for hydroxylation is 1. The van der Waals surface area contributed by atoms with Crippen molar-refractivity contribution in [3.63, 3.8) is 0 Å². The Morgan fingerprint density at radius 1 is 1.59 bits per heavy atom. The molecule has 0 fully saturated rings. The van der Waals surface area contributed by atoms with Gasteiger partial charge in [-0.1, -0.05) is 19.1 Å². The van der Waals surface area contributed by atoms with E-state index in [-0.39, 0.29) is 18.4 Å². The van der Waals surface area contributed by atoms with Gasteiger partial charge in [-0.2, -0.15) is 5.26 Å². The van der Waals surface area contributed by atoms with Crippen LogP contribution >= 0.6 is 0 Å². The molecule has 0 saturated carbocycles. The number of carbonyl (C=O) groups excluding carboxylic acids is 1. The number of carbonyl (C=O) groups is 1. The Hall–Kier alpha value is -1.86. The lowest BCUT2D eigenvalue weighted by atomic mass is 10.1. The smallest absolute Gasteiger partial charge is 0.225 e. The summed E-state index contributed by atoms with van der Waals surface area (Å²) in [4.78, 5) is 11.7. The SMILES string of the molecule is CCC(N)CC(=O)Nc1cccc(C)c1C#N. The number of benzene rings is 1. The largest absolute Gasteiger partial charge is 0.327 e. The van der Waals surface area contributed by atoms with Crippen LogP contribution in [0.25, 0.3) is 0 Å². The van der Waals surface area contributed by atoms with Crippen LogP contribution < -0.4 is 11.1 Å². The summed E-state index contributed by atoms with van der Waals surface area (Å²) in [5.74, 6) is -0.151. The molecular weight excluding hydrogens is 214 g/mol. The molecule has 1 amide bonds. The molecule has 17 heavy (non-hydrogen) atoms. The maximum absolute atomic E-state index is 11.7. The van der Waals surface area contributed by atoms with E-state index in [4.69, 9.17) is 11.0 Å². The lowest BCUT2D eigenvalue weighted by molar-refractivity contribution is -0.116. The fraction of sp³-hybridized carbons (Fsp3) is 0.385. The van der Waals surface area contributed by atoms with E-state index in [1.807, 2.05) is 26.0 Å². The van der Waals surface area contributed by atoms with Crippen LogP contribution in [-0.2, 0) is 4.79 Å². The third-order valence-corrected chi connectivity index (χ3v) is 2.63. The Labute approximate surface area is 101 Å². The fourth-order valence-corrected chi connectivity index (χ4v) is 1.50. The summed E-state index contributed by atoms with van der Waals surface area (Å²) < 4.78 is 0. The predicted molar refractivity (Wildman–Crippen MR) is 67.4 cm³/mol. The van der Waals surface area contributed by atoms with Crippen LogP contribution in [-0.4, -0.2) is 11.9 Å². The van der Waals surface area contributed by atoms with Crippen molar-refractivity contribution in [1.29, 1.82) is 5.26 Å². The van der Waals surface area contributed by atoms with E-state index in [0.717, 1.165) is 12.0 Å². The zero-order valence-corrected chi connectivity index (χ0v) is 10.2. The van der Waals surface area contributed by atoms with Crippen molar-refractivity contribution < 1.29 is 4.79 Å². The number of hydrogen-bond donors (Lipinski definition) is 2. The molecule has 3 N–H and O–H groups in total. The van der Waals surface area contributed by atoms with Gasteiger partial charge in [0.2, 0.25) is 5.91 Å². The van der Waals surface area contributed by atoms with E-state index in [0.29, 0.717) is 11.3 Å². The molecule has 0 aromatic heterocycles. The van der Waals surface area contributed by atoms with Gasteiger partial charge in [-0.05, 0) is 25.0 Å². The number of hydrogen-bond acceptors (Lipinski definition) is 3.